The summed E-state index contributed by atoms with van der Waals surface area (Å²) < 4.78 is 5.31. The zero-order valence-corrected chi connectivity index (χ0v) is 13.1. The average molecular weight is 304 g/mol. The second-order valence-electron chi connectivity index (χ2n) is 5.53. The first-order valence-electron chi connectivity index (χ1n) is 7.97. The maximum Gasteiger partial charge on any atom is 0.416 e. The molecule has 0 saturated carbocycles. The first-order valence-corrected chi connectivity index (χ1v) is 7.97. The highest BCUT2D eigenvalue weighted by atomic mass is 16.6. The van der Waals surface area contributed by atoms with Crippen molar-refractivity contribution in [2.75, 3.05) is 13.1 Å². The Bertz CT molecular complexity index is 484. The summed E-state index contributed by atoms with van der Waals surface area (Å²) in [4.78, 5) is 26.0. The summed E-state index contributed by atoms with van der Waals surface area (Å²) in [5.74, 6) is -0.163. The smallest absolute Gasteiger partial charge is 0.416 e. The standard InChI is InChI=1S/C17H24N2O3/c1-2-3-12-19(16(20)15-10-7-11-18-15)17(21)22-13-14-8-5-4-6-9-14/h4-6,8-9,15,18H,2-3,7,10-13H2,1H3/t15-/m0/s1. The number of unbranched alkanes of at least 4 members (excludes halogenated alkanes) is 1. The van der Waals surface area contributed by atoms with E-state index in [0.29, 0.717) is 6.54 Å². The molecule has 1 aliphatic heterocycles. The first kappa shape index (κ1) is 16.5. The molecule has 1 aromatic rings. The molecule has 0 bridgehead atoms. The number of rotatable bonds is 6. The van der Waals surface area contributed by atoms with Crippen LogP contribution in [0.5, 0.6) is 0 Å². The monoisotopic (exact) mass is 304 g/mol. The molecule has 2 rings (SSSR count). The van der Waals surface area contributed by atoms with E-state index in [4.69, 9.17) is 4.74 Å². The Labute approximate surface area is 131 Å². The van der Waals surface area contributed by atoms with Crippen molar-refractivity contribution in [3.05, 3.63) is 35.9 Å². The van der Waals surface area contributed by atoms with E-state index in [9.17, 15) is 9.59 Å². The summed E-state index contributed by atoms with van der Waals surface area (Å²) in [6.45, 7) is 3.47. The van der Waals surface area contributed by atoms with Crippen LogP contribution in [0, 0.1) is 0 Å². The van der Waals surface area contributed by atoms with E-state index in [0.717, 1.165) is 37.8 Å². The molecule has 22 heavy (non-hydrogen) atoms. The Morgan fingerprint density at radius 2 is 2.09 bits per heavy atom. The summed E-state index contributed by atoms with van der Waals surface area (Å²) in [7, 11) is 0. The molecule has 0 radical (unpaired) electrons. The summed E-state index contributed by atoms with van der Waals surface area (Å²) in [5.41, 5.74) is 0.915. The van der Waals surface area contributed by atoms with Gasteiger partial charge in [-0.05, 0) is 31.4 Å². The number of nitrogens with one attached hydrogen (secondary N) is 1. The number of amides is 2. The molecule has 0 spiro atoms. The van der Waals surface area contributed by atoms with Crippen molar-refractivity contribution in [2.45, 2.75) is 45.3 Å². The largest absolute Gasteiger partial charge is 0.444 e. The van der Waals surface area contributed by atoms with Crippen molar-refractivity contribution in [3.8, 4) is 0 Å². The Balaban J connectivity index is 1.94. The number of carbonyl (C=O) groups is 2. The van der Waals surface area contributed by atoms with E-state index in [1.54, 1.807) is 0 Å². The summed E-state index contributed by atoms with van der Waals surface area (Å²) in [5, 5.41) is 3.14. The molecule has 1 N–H and O–H groups in total. The first-order chi connectivity index (χ1) is 10.7. The summed E-state index contributed by atoms with van der Waals surface area (Å²) in [6.07, 6.45) is 2.92. The minimum absolute atomic E-state index is 0.163. The van der Waals surface area contributed by atoms with Gasteiger partial charge in [-0.3, -0.25) is 4.79 Å². The van der Waals surface area contributed by atoms with Crippen LogP contribution < -0.4 is 5.32 Å². The maximum atomic E-state index is 12.5. The van der Waals surface area contributed by atoms with Crippen molar-refractivity contribution in [2.24, 2.45) is 0 Å². The zero-order chi connectivity index (χ0) is 15.8. The molecular weight excluding hydrogens is 280 g/mol. The van der Waals surface area contributed by atoms with Gasteiger partial charge >= 0.3 is 6.09 Å². The van der Waals surface area contributed by atoms with Gasteiger partial charge in [-0.25, -0.2) is 9.69 Å². The SMILES string of the molecule is CCCCN(C(=O)OCc1ccccc1)C(=O)[C@@H]1CCCN1. The molecule has 5 heteroatoms. The number of benzene rings is 1. The average Bonchev–Trinajstić information content (AvgIpc) is 3.08. The number of carbonyl (C=O) groups excluding carboxylic acids is 2. The molecule has 1 saturated heterocycles. The molecule has 1 aliphatic rings. The van der Waals surface area contributed by atoms with Crippen LogP contribution in [-0.2, 0) is 16.1 Å². The lowest BCUT2D eigenvalue weighted by Gasteiger charge is -2.23. The fraction of sp³-hybridized carbons (Fsp3) is 0.529. The third-order valence-corrected chi connectivity index (χ3v) is 3.79. The fourth-order valence-corrected chi connectivity index (χ4v) is 2.49. The van der Waals surface area contributed by atoms with Gasteiger partial charge in [0, 0.05) is 6.54 Å². The molecule has 1 atom stereocenters. The van der Waals surface area contributed by atoms with Crippen LogP contribution in [0.4, 0.5) is 4.79 Å². The van der Waals surface area contributed by atoms with E-state index in [1.165, 1.54) is 4.90 Å². The van der Waals surface area contributed by atoms with Gasteiger partial charge in [0.1, 0.15) is 6.61 Å². The number of hydrogen-bond donors (Lipinski definition) is 1. The van der Waals surface area contributed by atoms with Crippen LogP contribution >= 0.6 is 0 Å². The Hall–Kier alpha value is -1.88. The van der Waals surface area contributed by atoms with Gasteiger partial charge in [-0.1, -0.05) is 43.7 Å². The van der Waals surface area contributed by atoms with Gasteiger partial charge in [0.25, 0.3) is 0 Å². The molecule has 5 nitrogen and oxygen atoms in total. The normalized spacial score (nSPS) is 17.2. The van der Waals surface area contributed by atoms with Gasteiger partial charge in [-0.15, -0.1) is 0 Å². The lowest BCUT2D eigenvalue weighted by molar-refractivity contribution is -0.131. The van der Waals surface area contributed by atoms with Gasteiger partial charge in [0.05, 0.1) is 6.04 Å². The third-order valence-electron chi connectivity index (χ3n) is 3.79. The summed E-state index contributed by atoms with van der Waals surface area (Å²) in [6, 6.07) is 9.24. The number of ether oxygens (including phenoxy) is 1. The fourth-order valence-electron chi connectivity index (χ4n) is 2.49. The van der Waals surface area contributed by atoms with Gasteiger partial charge in [0.15, 0.2) is 0 Å². The highest BCUT2D eigenvalue weighted by Crippen LogP contribution is 2.12. The van der Waals surface area contributed by atoms with Crippen LogP contribution in [0.25, 0.3) is 0 Å². The van der Waals surface area contributed by atoms with E-state index in [-0.39, 0.29) is 18.6 Å². The minimum atomic E-state index is -0.545. The van der Waals surface area contributed by atoms with Crippen molar-refractivity contribution in [3.63, 3.8) is 0 Å². The van der Waals surface area contributed by atoms with Crippen LogP contribution in [0.15, 0.2) is 30.3 Å². The van der Waals surface area contributed by atoms with Crippen LogP contribution in [0.2, 0.25) is 0 Å². The molecule has 2 amide bonds. The zero-order valence-electron chi connectivity index (χ0n) is 13.1. The predicted octanol–water partition coefficient (Wildman–Crippen LogP) is 2.70. The van der Waals surface area contributed by atoms with E-state index in [2.05, 4.69) is 5.32 Å². The molecule has 0 aromatic heterocycles. The van der Waals surface area contributed by atoms with Gasteiger partial charge < -0.3 is 10.1 Å². The van der Waals surface area contributed by atoms with E-state index in [1.807, 2.05) is 37.3 Å². The molecular formula is C17H24N2O3. The summed E-state index contributed by atoms with van der Waals surface area (Å²) >= 11 is 0. The van der Waals surface area contributed by atoms with Crippen molar-refractivity contribution >= 4 is 12.0 Å². The lowest BCUT2D eigenvalue weighted by Crippen LogP contribution is -2.47. The topological polar surface area (TPSA) is 58.6 Å². The molecule has 1 heterocycles. The van der Waals surface area contributed by atoms with Gasteiger partial charge in [0.2, 0.25) is 5.91 Å². The second kappa shape index (κ2) is 8.54. The van der Waals surface area contributed by atoms with Crippen LogP contribution in [0.1, 0.15) is 38.2 Å². The number of nitrogens with zero attached hydrogens (tertiary/aromatic N) is 1. The molecule has 120 valence electrons. The highest BCUT2D eigenvalue weighted by Gasteiger charge is 2.31. The lowest BCUT2D eigenvalue weighted by atomic mass is 10.2. The molecule has 0 unspecified atom stereocenters. The highest BCUT2D eigenvalue weighted by molar-refractivity contribution is 5.95. The Morgan fingerprint density at radius 1 is 1.32 bits per heavy atom. The van der Waals surface area contributed by atoms with Crippen molar-refractivity contribution in [1.82, 2.24) is 10.2 Å². The van der Waals surface area contributed by atoms with Crippen molar-refractivity contribution in [1.29, 1.82) is 0 Å². The van der Waals surface area contributed by atoms with Gasteiger partial charge in [-0.2, -0.15) is 0 Å². The second-order valence-corrected chi connectivity index (χ2v) is 5.53. The Kier molecular flexibility index (Phi) is 6.40. The number of hydrogen-bond acceptors (Lipinski definition) is 4. The third kappa shape index (κ3) is 4.56. The Morgan fingerprint density at radius 3 is 2.73 bits per heavy atom. The predicted molar refractivity (Wildman–Crippen MR) is 84.3 cm³/mol. The van der Waals surface area contributed by atoms with Crippen LogP contribution in [0.3, 0.4) is 0 Å². The van der Waals surface area contributed by atoms with E-state index < -0.39 is 6.09 Å². The maximum absolute atomic E-state index is 12.5. The molecule has 1 aromatic carbocycles. The van der Waals surface area contributed by atoms with E-state index >= 15 is 0 Å². The molecule has 1 fully saturated rings. The number of imide groups is 1. The quantitative estimate of drug-likeness (QED) is 0.878. The molecule has 0 aliphatic carbocycles. The minimum Gasteiger partial charge on any atom is -0.444 e. The van der Waals surface area contributed by atoms with Crippen LogP contribution in [-0.4, -0.2) is 36.0 Å². The van der Waals surface area contributed by atoms with Crippen molar-refractivity contribution < 1.29 is 14.3 Å².